The fourth-order valence-corrected chi connectivity index (χ4v) is 2.80. The van der Waals surface area contributed by atoms with E-state index in [0.717, 1.165) is 22.1 Å². The zero-order chi connectivity index (χ0) is 13.0. The summed E-state index contributed by atoms with van der Waals surface area (Å²) in [6, 6.07) is 14.2. The maximum Gasteiger partial charge on any atom is 0.122 e. The van der Waals surface area contributed by atoms with E-state index in [1.165, 1.54) is 11.1 Å². The van der Waals surface area contributed by atoms with Gasteiger partial charge in [0.15, 0.2) is 0 Å². The van der Waals surface area contributed by atoms with Crippen LogP contribution in [0.25, 0.3) is 0 Å². The highest BCUT2D eigenvalue weighted by Crippen LogP contribution is 2.31. The molecule has 18 heavy (non-hydrogen) atoms. The molecule has 0 fully saturated rings. The predicted octanol–water partition coefficient (Wildman–Crippen LogP) is 3.88. The van der Waals surface area contributed by atoms with Gasteiger partial charge in [0.05, 0.1) is 7.11 Å². The lowest BCUT2D eigenvalue weighted by atomic mass is 10.2. The van der Waals surface area contributed by atoms with Gasteiger partial charge in [-0.3, -0.25) is 0 Å². The average molecular weight is 259 g/mol. The molecule has 3 heteroatoms. The molecule has 0 heterocycles. The van der Waals surface area contributed by atoms with E-state index in [0.29, 0.717) is 0 Å². The molecule has 2 aromatic carbocycles. The van der Waals surface area contributed by atoms with Gasteiger partial charge in [0.2, 0.25) is 0 Å². The van der Waals surface area contributed by atoms with Crippen molar-refractivity contribution < 1.29 is 4.74 Å². The molecular formula is C15H17NOS. The number of aryl methyl sites for hydroxylation is 1. The van der Waals surface area contributed by atoms with Crippen molar-refractivity contribution in [3.05, 3.63) is 53.6 Å². The number of methoxy groups -OCH3 is 1. The molecule has 0 amide bonds. The summed E-state index contributed by atoms with van der Waals surface area (Å²) >= 11 is 1.74. The van der Waals surface area contributed by atoms with E-state index in [4.69, 9.17) is 10.5 Å². The second kappa shape index (κ2) is 5.83. The molecule has 2 nitrogen and oxygen atoms in total. The summed E-state index contributed by atoms with van der Waals surface area (Å²) in [6.07, 6.45) is 0. The first-order valence-electron chi connectivity index (χ1n) is 5.81. The van der Waals surface area contributed by atoms with Crippen molar-refractivity contribution >= 4 is 17.4 Å². The number of nitrogen functional groups attached to an aromatic ring is 1. The average Bonchev–Trinajstić information content (AvgIpc) is 2.40. The van der Waals surface area contributed by atoms with Gasteiger partial charge in [0, 0.05) is 21.9 Å². The van der Waals surface area contributed by atoms with Gasteiger partial charge in [-0.05, 0) is 30.7 Å². The molecule has 2 rings (SSSR count). The number of anilines is 1. The Morgan fingerprint density at radius 3 is 2.72 bits per heavy atom. The van der Waals surface area contributed by atoms with Gasteiger partial charge in [-0.2, -0.15) is 0 Å². The number of benzene rings is 2. The van der Waals surface area contributed by atoms with Gasteiger partial charge in [-0.1, -0.05) is 24.3 Å². The first-order valence-corrected chi connectivity index (χ1v) is 6.80. The summed E-state index contributed by atoms with van der Waals surface area (Å²) in [7, 11) is 1.70. The summed E-state index contributed by atoms with van der Waals surface area (Å²) in [5.74, 6) is 1.79. The number of nitrogens with two attached hydrogens (primary N) is 1. The summed E-state index contributed by atoms with van der Waals surface area (Å²) in [4.78, 5) is 1.13. The van der Waals surface area contributed by atoms with E-state index in [-0.39, 0.29) is 0 Å². The molecule has 0 aliphatic heterocycles. The smallest absolute Gasteiger partial charge is 0.122 e. The highest BCUT2D eigenvalue weighted by molar-refractivity contribution is 7.98. The molecular weight excluding hydrogens is 242 g/mol. The van der Waals surface area contributed by atoms with E-state index in [2.05, 4.69) is 19.1 Å². The van der Waals surface area contributed by atoms with E-state index in [1.54, 1.807) is 18.9 Å². The number of hydrogen-bond donors (Lipinski definition) is 1. The summed E-state index contributed by atoms with van der Waals surface area (Å²) in [5.41, 5.74) is 9.22. The van der Waals surface area contributed by atoms with Crippen LogP contribution in [0.3, 0.4) is 0 Å². The van der Waals surface area contributed by atoms with Crippen molar-refractivity contribution in [3.63, 3.8) is 0 Å². The van der Waals surface area contributed by atoms with Gasteiger partial charge in [-0.15, -0.1) is 11.8 Å². The first-order chi connectivity index (χ1) is 8.70. The molecule has 2 aromatic rings. The normalized spacial score (nSPS) is 10.3. The first kappa shape index (κ1) is 12.8. The Bertz CT molecular complexity index is 540. The van der Waals surface area contributed by atoms with Crippen LogP contribution in [-0.4, -0.2) is 7.11 Å². The molecule has 0 aliphatic rings. The van der Waals surface area contributed by atoms with Gasteiger partial charge in [0.1, 0.15) is 5.75 Å². The SMILES string of the molecule is COc1ccccc1CSc1cc(C)ccc1N. The standard InChI is InChI=1S/C15H17NOS/c1-11-7-8-13(16)15(9-11)18-10-12-5-3-4-6-14(12)17-2/h3-9H,10,16H2,1-2H3. The Balaban J connectivity index is 2.14. The number of ether oxygens (including phenoxy) is 1. The lowest BCUT2D eigenvalue weighted by Gasteiger charge is -2.09. The summed E-state index contributed by atoms with van der Waals surface area (Å²) in [6.45, 7) is 2.08. The highest BCUT2D eigenvalue weighted by atomic mass is 32.2. The second-order valence-corrected chi connectivity index (χ2v) is 5.16. The van der Waals surface area contributed by atoms with Gasteiger partial charge in [0.25, 0.3) is 0 Å². The van der Waals surface area contributed by atoms with Crippen LogP contribution >= 0.6 is 11.8 Å². The van der Waals surface area contributed by atoms with E-state index >= 15 is 0 Å². The minimum Gasteiger partial charge on any atom is -0.496 e. The molecule has 0 saturated heterocycles. The third-order valence-corrected chi connectivity index (χ3v) is 3.86. The molecule has 0 radical (unpaired) electrons. The van der Waals surface area contributed by atoms with Crippen molar-refractivity contribution in [1.29, 1.82) is 0 Å². The number of thioether (sulfide) groups is 1. The number of rotatable bonds is 4. The van der Waals surface area contributed by atoms with Gasteiger partial charge in [-0.25, -0.2) is 0 Å². The molecule has 0 unspecified atom stereocenters. The van der Waals surface area contributed by atoms with E-state index in [9.17, 15) is 0 Å². The van der Waals surface area contributed by atoms with Crippen molar-refractivity contribution in [2.45, 2.75) is 17.6 Å². The van der Waals surface area contributed by atoms with E-state index < -0.39 is 0 Å². The molecule has 94 valence electrons. The van der Waals surface area contributed by atoms with Crippen molar-refractivity contribution in [3.8, 4) is 5.75 Å². The van der Waals surface area contributed by atoms with Crippen LogP contribution < -0.4 is 10.5 Å². The zero-order valence-corrected chi connectivity index (χ0v) is 11.5. The molecule has 0 atom stereocenters. The Kier molecular flexibility index (Phi) is 4.15. The monoisotopic (exact) mass is 259 g/mol. The van der Waals surface area contributed by atoms with Crippen LogP contribution in [0.1, 0.15) is 11.1 Å². The lowest BCUT2D eigenvalue weighted by Crippen LogP contribution is -1.92. The summed E-state index contributed by atoms with van der Waals surface area (Å²) in [5, 5.41) is 0. The Morgan fingerprint density at radius 1 is 1.17 bits per heavy atom. The molecule has 0 saturated carbocycles. The fraction of sp³-hybridized carbons (Fsp3) is 0.200. The summed E-state index contributed by atoms with van der Waals surface area (Å²) < 4.78 is 5.34. The third kappa shape index (κ3) is 2.99. The van der Waals surface area contributed by atoms with Crippen LogP contribution in [0.4, 0.5) is 5.69 Å². The molecule has 0 aromatic heterocycles. The lowest BCUT2D eigenvalue weighted by molar-refractivity contribution is 0.411. The quantitative estimate of drug-likeness (QED) is 0.668. The van der Waals surface area contributed by atoms with Crippen molar-refractivity contribution in [2.24, 2.45) is 0 Å². The fourth-order valence-electron chi connectivity index (χ4n) is 1.74. The Labute approximate surface area is 112 Å². The molecule has 2 N–H and O–H groups in total. The third-order valence-electron chi connectivity index (χ3n) is 2.74. The molecule has 0 aliphatic carbocycles. The maximum atomic E-state index is 5.97. The largest absolute Gasteiger partial charge is 0.496 e. The maximum absolute atomic E-state index is 5.97. The number of para-hydroxylation sites is 1. The van der Waals surface area contributed by atoms with Gasteiger partial charge >= 0.3 is 0 Å². The van der Waals surface area contributed by atoms with Crippen LogP contribution in [0, 0.1) is 6.92 Å². The van der Waals surface area contributed by atoms with Crippen molar-refractivity contribution in [2.75, 3.05) is 12.8 Å². The molecule has 0 bridgehead atoms. The Morgan fingerprint density at radius 2 is 1.94 bits per heavy atom. The van der Waals surface area contributed by atoms with Gasteiger partial charge < -0.3 is 10.5 Å². The highest BCUT2D eigenvalue weighted by Gasteiger charge is 2.05. The van der Waals surface area contributed by atoms with Crippen LogP contribution in [0.15, 0.2) is 47.4 Å². The van der Waals surface area contributed by atoms with Crippen LogP contribution in [-0.2, 0) is 5.75 Å². The van der Waals surface area contributed by atoms with Crippen LogP contribution in [0.5, 0.6) is 5.75 Å². The minimum atomic E-state index is 0.834. The van der Waals surface area contributed by atoms with Crippen LogP contribution in [0.2, 0.25) is 0 Å². The van der Waals surface area contributed by atoms with Crippen molar-refractivity contribution in [1.82, 2.24) is 0 Å². The number of hydrogen-bond acceptors (Lipinski definition) is 3. The van der Waals surface area contributed by atoms with E-state index in [1.807, 2.05) is 30.3 Å². The second-order valence-electron chi connectivity index (χ2n) is 4.14. The zero-order valence-electron chi connectivity index (χ0n) is 10.6. The molecule has 0 spiro atoms. The topological polar surface area (TPSA) is 35.2 Å². The predicted molar refractivity (Wildman–Crippen MR) is 78.1 cm³/mol. The minimum absolute atomic E-state index is 0.834. The Hall–Kier alpha value is -1.61.